The van der Waals surface area contributed by atoms with Crippen LogP contribution in [-0.2, 0) is 15.9 Å². The Morgan fingerprint density at radius 1 is 1.03 bits per heavy atom. The number of aromatic nitrogens is 1. The van der Waals surface area contributed by atoms with E-state index in [2.05, 4.69) is 21.7 Å². The van der Waals surface area contributed by atoms with Crippen molar-refractivity contribution in [3.8, 4) is 0 Å². The Hall–Kier alpha value is -3.39. The van der Waals surface area contributed by atoms with E-state index in [1.54, 1.807) is 12.1 Å². The maximum absolute atomic E-state index is 11.9. The van der Waals surface area contributed by atoms with Gasteiger partial charge < -0.3 is 25.1 Å². The van der Waals surface area contributed by atoms with Gasteiger partial charge in [0.1, 0.15) is 0 Å². The number of aromatic amines is 1. The second-order valence-corrected chi connectivity index (χ2v) is 6.68. The number of hydrogen-bond acceptors (Lipinski definition) is 5. The molecule has 0 saturated carbocycles. The van der Waals surface area contributed by atoms with Crippen molar-refractivity contribution in [3.63, 3.8) is 0 Å². The van der Waals surface area contributed by atoms with E-state index in [-0.39, 0.29) is 11.1 Å². The molecule has 1 heterocycles. The summed E-state index contributed by atoms with van der Waals surface area (Å²) in [6, 6.07) is 12.6. The van der Waals surface area contributed by atoms with Crippen LogP contribution in [0.3, 0.4) is 0 Å². The Kier molecular flexibility index (Phi) is 6.46. The fraction of sp³-hybridized carbons (Fsp3) is 0.190. The third-order valence-corrected chi connectivity index (χ3v) is 4.63. The number of thiocarbonyl (C=S) groups is 1. The molecule has 0 radical (unpaired) electrons. The summed E-state index contributed by atoms with van der Waals surface area (Å²) in [6.07, 6.45) is 2.77. The SMILES string of the molecule is COC(=O)c1cc(NC(=S)NCCc2c[nH]c3ccccc23)cc(C(=O)OC)c1. The first kappa shape index (κ1) is 20.3. The third kappa shape index (κ3) is 4.91. The van der Waals surface area contributed by atoms with E-state index < -0.39 is 11.9 Å². The maximum atomic E-state index is 11.9. The number of rotatable bonds is 6. The van der Waals surface area contributed by atoms with Gasteiger partial charge in [-0.15, -0.1) is 0 Å². The first-order chi connectivity index (χ1) is 14.0. The number of methoxy groups -OCH3 is 2. The molecule has 0 bridgehead atoms. The lowest BCUT2D eigenvalue weighted by molar-refractivity contribution is 0.0599. The van der Waals surface area contributed by atoms with Crippen molar-refractivity contribution >= 4 is 45.9 Å². The average molecular weight is 411 g/mol. The molecule has 0 spiro atoms. The molecular formula is C21H21N3O4S. The molecule has 0 saturated heterocycles. The summed E-state index contributed by atoms with van der Waals surface area (Å²) in [4.78, 5) is 27.0. The van der Waals surface area contributed by atoms with E-state index in [0.717, 1.165) is 11.9 Å². The monoisotopic (exact) mass is 411 g/mol. The highest BCUT2D eigenvalue weighted by Crippen LogP contribution is 2.18. The number of carbonyl (C=O) groups excluding carboxylic acids is 2. The first-order valence-electron chi connectivity index (χ1n) is 8.93. The Morgan fingerprint density at radius 2 is 1.69 bits per heavy atom. The van der Waals surface area contributed by atoms with Crippen LogP contribution in [0.25, 0.3) is 10.9 Å². The van der Waals surface area contributed by atoms with Crippen molar-refractivity contribution < 1.29 is 19.1 Å². The zero-order valence-corrected chi connectivity index (χ0v) is 16.9. The molecule has 0 amide bonds. The van der Waals surface area contributed by atoms with Gasteiger partial charge in [0.2, 0.25) is 0 Å². The fourth-order valence-electron chi connectivity index (χ4n) is 3.00. The number of ether oxygens (including phenoxy) is 2. The average Bonchev–Trinajstić information content (AvgIpc) is 3.15. The van der Waals surface area contributed by atoms with Gasteiger partial charge in [-0.3, -0.25) is 0 Å². The molecule has 3 N–H and O–H groups in total. The molecule has 2 aromatic carbocycles. The number of H-pyrrole nitrogens is 1. The first-order valence-corrected chi connectivity index (χ1v) is 9.34. The normalized spacial score (nSPS) is 10.4. The molecule has 150 valence electrons. The summed E-state index contributed by atoms with van der Waals surface area (Å²) in [5.74, 6) is -1.12. The van der Waals surface area contributed by atoms with Gasteiger partial charge in [-0.2, -0.15) is 0 Å². The Balaban J connectivity index is 1.65. The van der Waals surface area contributed by atoms with Gasteiger partial charge in [0.05, 0.1) is 25.3 Å². The standard InChI is InChI=1S/C21H21N3O4S/c1-27-19(25)14-9-15(20(26)28-2)11-16(10-14)24-21(29)22-8-7-13-12-23-18-6-4-3-5-17(13)18/h3-6,9-12,23H,7-8H2,1-2H3,(H2,22,24,29). The lowest BCUT2D eigenvalue weighted by atomic mass is 10.1. The molecule has 0 unspecified atom stereocenters. The lowest BCUT2D eigenvalue weighted by Gasteiger charge is -2.12. The molecule has 8 heteroatoms. The topological polar surface area (TPSA) is 92.5 Å². The largest absolute Gasteiger partial charge is 0.465 e. The highest BCUT2D eigenvalue weighted by atomic mass is 32.1. The smallest absolute Gasteiger partial charge is 0.337 e. The molecule has 0 aliphatic heterocycles. The van der Waals surface area contributed by atoms with Crippen LogP contribution in [0.4, 0.5) is 5.69 Å². The Morgan fingerprint density at radius 3 is 2.34 bits per heavy atom. The van der Waals surface area contributed by atoms with Gasteiger partial charge in [0.25, 0.3) is 0 Å². The number of hydrogen-bond donors (Lipinski definition) is 3. The minimum atomic E-state index is -0.558. The van der Waals surface area contributed by atoms with E-state index in [4.69, 9.17) is 21.7 Å². The molecule has 3 aromatic rings. The minimum absolute atomic E-state index is 0.222. The highest BCUT2D eigenvalue weighted by Gasteiger charge is 2.14. The van der Waals surface area contributed by atoms with Gasteiger partial charge in [-0.05, 0) is 48.5 Å². The van der Waals surface area contributed by atoms with Gasteiger partial charge >= 0.3 is 11.9 Å². The molecular weight excluding hydrogens is 390 g/mol. The maximum Gasteiger partial charge on any atom is 0.337 e. The van der Waals surface area contributed by atoms with Crippen LogP contribution < -0.4 is 10.6 Å². The number of nitrogens with one attached hydrogen (secondary N) is 3. The Bertz CT molecular complexity index is 1030. The second-order valence-electron chi connectivity index (χ2n) is 6.27. The second kappa shape index (κ2) is 9.20. The van der Waals surface area contributed by atoms with Gasteiger partial charge in [0, 0.05) is 29.3 Å². The van der Waals surface area contributed by atoms with E-state index in [1.165, 1.54) is 31.2 Å². The van der Waals surface area contributed by atoms with E-state index in [0.29, 0.717) is 17.3 Å². The molecule has 0 aliphatic carbocycles. The molecule has 0 fully saturated rings. The summed E-state index contributed by atoms with van der Waals surface area (Å²) in [7, 11) is 2.55. The van der Waals surface area contributed by atoms with Crippen LogP contribution in [0, 0.1) is 0 Å². The number of esters is 2. The van der Waals surface area contributed by atoms with Crippen molar-refractivity contribution in [2.75, 3.05) is 26.1 Å². The summed E-state index contributed by atoms with van der Waals surface area (Å²) in [5.41, 5.74) is 3.21. The van der Waals surface area contributed by atoms with Crippen LogP contribution in [0.1, 0.15) is 26.3 Å². The molecule has 29 heavy (non-hydrogen) atoms. The Labute approximate surface area is 173 Å². The van der Waals surface area contributed by atoms with Crippen molar-refractivity contribution in [3.05, 3.63) is 65.4 Å². The van der Waals surface area contributed by atoms with Gasteiger partial charge in [0.15, 0.2) is 5.11 Å². The van der Waals surface area contributed by atoms with Gasteiger partial charge in [-0.1, -0.05) is 18.2 Å². The molecule has 0 aliphatic rings. The number of benzene rings is 2. The molecule has 7 nitrogen and oxygen atoms in total. The van der Waals surface area contributed by atoms with E-state index >= 15 is 0 Å². The zero-order chi connectivity index (χ0) is 20.8. The fourth-order valence-corrected chi connectivity index (χ4v) is 3.22. The van der Waals surface area contributed by atoms with E-state index in [1.807, 2.05) is 24.4 Å². The molecule has 1 aromatic heterocycles. The quantitative estimate of drug-likeness (QED) is 0.423. The zero-order valence-electron chi connectivity index (χ0n) is 16.1. The van der Waals surface area contributed by atoms with Crippen molar-refractivity contribution in [1.29, 1.82) is 0 Å². The van der Waals surface area contributed by atoms with Gasteiger partial charge in [-0.25, -0.2) is 9.59 Å². The third-order valence-electron chi connectivity index (χ3n) is 4.39. The predicted molar refractivity (Wildman–Crippen MR) is 115 cm³/mol. The number of fused-ring (bicyclic) bond motifs is 1. The lowest BCUT2D eigenvalue weighted by Crippen LogP contribution is -2.30. The highest BCUT2D eigenvalue weighted by molar-refractivity contribution is 7.80. The van der Waals surface area contributed by atoms with Crippen LogP contribution in [-0.4, -0.2) is 42.8 Å². The predicted octanol–water partition coefficient (Wildman–Crippen LogP) is 3.27. The summed E-state index contributed by atoms with van der Waals surface area (Å²) in [6.45, 7) is 0.619. The van der Waals surface area contributed by atoms with Crippen LogP contribution in [0.5, 0.6) is 0 Å². The number of carbonyl (C=O) groups is 2. The van der Waals surface area contributed by atoms with Crippen molar-refractivity contribution in [2.24, 2.45) is 0 Å². The number of para-hydroxylation sites is 1. The van der Waals surface area contributed by atoms with Crippen LogP contribution >= 0.6 is 12.2 Å². The van der Waals surface area contributed by atoms with Crippen LogP contribution in [0.15, 0.2) is 48.7 Å². The number of anilines is 1. The summed E-state index contributed by atoms with van der Waals surface area (Å²) in [5, 5.41) is 7.69. The van der Waals surface area contributed by atoms with Crippen molar-refractivity contribution in [1.82, 2.24) is 10.3 Å². The molecule has 0 atom stereocenters. The minimum Gasteiger partial charge on any atom is -0.465 e. The van der Waals surface area contributed by atoms with Crippen molar-refractivity contribution in [2.45, 2.75) is 6.42 Å². The van der Waals surface area contributed by atoms with E-state index in [9.17, 15) is 9.59 Å². The summed E-state index contributed by atoms with van der Waals surface area (Å²) < 4.78 is 9.47. The van der Waals surface area contributed by atoms with Crippen LogP contribution in [0.2, 0.25) is 0 Å². The molecule has 3 rings (SSSR count). The summed E-state index contributed by atoms with van der Waals surface area (Å²) >= 11 is 5.34.